The van der Waals surface area contributed by atoms with Crippen LogP contribution in [0.15, 0.2) is 70.5 Å². The predicted molar refractivity (Wildman–Crippen MR) is 108 cm³/mol. The fraction of sp³-hybridized carbons (Fsp3) is 0.143. The zero-order valence-corrected chi connectivity index (χ0v) is 15.9. The van der Waals surface area contributed by atoms with Crippen LogP contribution in [0.4, 0.5) is 5.69 Å². The maximum Gasteiger partial charge on any atom is 0.321 e. The van der Waals surface area contributed by atoms with Crippen LogP contribution in [0.3, 0.4) is 0 Å². The van der Waals surface area contributed by atoms with Crippen molar-refractivity contribution in [3.05, 3.63) is 87.2 Å². The summed E-state index contributed by atoms with van der Waals surface area (Å²) < 4.78 is 7.42. The van der Waals surface area contributed by atoms with Gasteiger partial charge in [-0.15, -0.1) is 0 Å². The molecule has 0 aliphatic rings. The third kappa shape index (κ3) is 4.32. The lowest BCUT2D eigenvalue weighted by molar-refractivity contribution is -0.116. The van der Waals surface area contributed by atoms with E-state index in [-0.39, 0.29) is 12.3 Å². The Hall–Kier alpha value is -3.94. The van der Waals surface area contributed by atoms with Crippen molar-refractivity contribution in [1.82, 2.24) is 9.13 Å². The second-order valence-electron chi connectivity index (χ2n) is 6.26. The molecule has 8 heteroatoms. The lowest BCUT2D eigenvalue weighted by Gasteiger charge is -2.12. The Kier molecular flexibility index (Phi) is 5.73. The Morgan fingerprint density at radius 1 is 1.00 bits per heavy atom. The molecule has 0 aliphatic heterocycles. The fourth-order valence-corrected chi connectivity index (χ4v) is 2.82. The van der Waals surface area contributed by atoms with E-state index in [0.29, 0.717) is 22.7 Å². The molecule has 1 aromatic heterocycles. The summed E-state index contributed by atoms with van der Waals surface area (Å²) in [7, 11) is 1.47. The van der Waals surface area contributed by atoms with Crippen LogP contribution in [0.5, 0.6) is 5.75 Å². The average Bonchev–Trinajstić information content (AvgIpc) is 2.72. The summed E-state index contributed by atoms with van der Waals surface area (Å²) in [5.74, 6) is -0.186. The van der Waals surface area contributed by atoms with Crippen LogP contribution in [0.2, 0.25) is 0 Å². The number of nitrogens with one attached hydrogen (secondary N) is 1. The summed E-state index contributed by atoms with van der Waals surface area (Å²) in [5, 5.41) is 2.62. The molecule has 0 unspecified atom stereocenters. The van der Waals surface area contributed by atoms with Crippen LogP contribution in [0, 0.1) is 0 Å². The van der Waals surface area contributed by atoms with Gasteiger partial charge in [-0.05, 0) is 31.2 Å². The van der Waals surface area contributed by atoms with Crippen molar-refractivity contribution in [2.24, 2.45) is 0 Å². The normalized spacial score (nSPS) is 10.4. The van der Waals surface area contributed by atoms with Crippen molar-refractivity contribution in [3.8, 4) is 11.4 Å². The Morgan fingerprint density at radius 3 is 2.48 bits per heavy atom. The SMILES string of the molecule is COc1ccccc1-n1ccn(CC(=O)Nc2cccc(C(C)=O)c2)c(=O)c1=O. The van der Waals surface area contributed by atoms with E-state index in [4.69, 9.17) is 4.74 Å². The Morgan fingerprint density at radius 2 is 1.76 bits per heavy atom. The molecular weight excluding hydrogens is 374 g/mol. The second-order valence-corrected chi connectivity index (χ2v) is 6.26. The van der Waals surface area contributed by atoms with Gasteiger partial charge in [-0.3, -0.25) is 28.3 Å². The first-order valence-electron chi connectivity index (χ1n) is 8.77. The summed E-state index contributed by atoms with van der Waals surface area (Å²) in [6.45, 7) is 1.09. The Balaban J connectivity index is 1.84. The van der Waals surface area contributed by atoms with Crippen LogP contribution in [0.1, 0.15) is 17.3 Å². The van der Waals surface area contributed by atoms with E-state index in [1.807, 2.05) is 0 Å². The van der Waals surface area contributed by atoms with Crippen molar-refractivity contribution in [3.63, 3.8) is 0 Å². The molecule has 0 saturated heterocycles. The standard InChI is InChI=1S/C21H19N3O5/c1-14(25)15-6-5-7-16(12-15)22-19(26)13-23-10-11-24(21(28)20(23)27)17-8-3-4-9-18(17)29-2/h3-12H,13H2,1-2H3,(H,22,26). The van der Waals surface area contributed by atoms with E-state index >= 15 is 0 Å². The molecule has 29 heavy (non-hydrogen) atoms. The topological polar surface area (TPSA) is 99.4 Å². The predicted octanol–water partition coefficient (Wildman–Crippen LogP) is 1.85. The van der Waals surface area contributed by atoms with E-state index in [0.717, 1.165) is 4.57 Å². The average molecular weight is 393 g/mol. The molecule has 0 bridgehead atoms. The number of aromatic nitrogens is 2. The molecule has 0 spiro atoms. The maximum atomic E-state index is 12.5. The van der Waals surface area contributed by atoms with Gasteiger partial charge in [-0.2, -0.15) is 0 Å². The number of ether oxygens (including phenoxy) is 1. The van der Waals surface area contributed by atoms with Crippen LogP contribution in [-0.4, -0.2) is 27.9 Å². The molecule has 0 saturated carbocycles. The van der Waals surface area contributed by atoms with Gasteiger partial charge in [0, 0.05) is 23.6 Å². The van der Waals surface area contributed by atoms with Gasteiger partial charge in [0.05, 0.1) is 12.8 Å². The molecule has 3 rings (SSSR count). The van der Waals surface area contributed by atoms with E-state index in [1.165, 1.54) is 31.0 Å². The molecular formula is C21H19N3O5. The first kappa shape index (κ1) is 19.8. The molecule has 0 aliphatic carbocycles. The van der Waals surface area contributed by atoms with Crippen molar-refractivity contribution in [1.29, 1.82) is 0 Å². The lowest BCUT2D eigenvalue weighted by atomic mass is 10.1. The van der Waals surface area contributed by atoms with E-state index < -0.39 is 17.0 Å². The summed E-state index contributed by atoms with van der Waals surface area (Å²) in [4.78, 5) is 48.7. The Bertz CT molecular complexity index is 1190. The minimum Gasteiger partial charge on any atom is -0.495 e. The maximum absolute atomic E-state index is 12.5. The third-order valence-electron chi connectivity index (χ3n) is 4.27. The number of methoxy groups -OCH3 is 1. The molecule has 1 heterocycles. The van der Waals surface area contributed by atoms with Gasteiger partial charge in [0.25, 0.3) is 0 Å². The number of anilines is 1. The number of hydrogen-bond donors (Lipinski definition) is 1. The number of rotatable bonds is 6. The van der Waals surface area contributed by atoms with Crippen molar-refractivity contribution in [2.45, 2.75) is 13.5 Å². The number of nitrogens with zero attached hydrogens (tertiary/aromatic N) is 2. The van der Waals surface area contributed by atoms with Gasteiger partial charge in [0.1, 0.15) is 12.3 Å². The number of hydrogen-bond acceptors (Lipinski definition) is 5. The molecule has 8 nitrogen and oxygen atoms in total. The van der Waals surface area contributed by atoms with Gasteiger partial charge < -0.3 is 10.1 Å². The van der Waals surface area contributed by atoms with Crippen LogP contribution in [-0.2, 0) is 11.3 Å². The quantitative estimate of drug-likeness (QED) is 0.509. The number of para-hydroxylation sites is 2. The number of ketones is 1. The summed E-state index contributed by atoms with van der Waals surface area (Å²) in [6, 6.07) is 13.3. The van der Waals surface area contributed by atoms with Crippen molar-refractivity contribution < 1.29 is 14.3 Å². The largest absolute Gasteiger partial charge is 0.495 e. The molecule has 0 radical (unpaired) electrons. The zero-order valence-electron chi connectivity index (χ0n) is 15.9. The summed E-state index contributed by atoms with van der Waals surface area (Å²) in [5.41, 5.74) is -0.332. The molecule has 1 N–H and O–H groups in total. The van der Waals surface area contributed by atoms with Crippen molar-refractivity contribution in [2.75, 3.05) is 12.4 Å². The molecule has 0 fully saturated rings. The fourth-order valence-electron chi connectivity index (χ4n) is 2.82. The highest BCUT2D eigenvalue weighted by Crippen LogP contribution is 2.19. The first-order chi connectivity index (χ1) is 13.9. The smallest absolute Gasteiger partial charge is 0.321 e. The van der Waals surface area contributed by atoms with Gasteiger partial charge in [-0.25, -0.2) is 0 Å². The first-order valence-corrected chi connectivity index (χ1v) is 8.77. The van der Waals surface area contributed by atoms with Gasteiger partial charge >= 0.3 is 11.1 Å². The van der Waals surface area contributed by atoms with E-state index in [1.54, 1.807) is 48.5 Å². The monoisotopic (exact) mass is 393 g/mol. The van der Waals surface area contributed by atoms with E-state index in [2.05, 4.69) is 5.32 Å². The highest BCUT2D eigenvalue weighted by Gasteiger charge is 2.13. The number of carbonyl (C=O) groups is 2. The van der Waals surface area contributed by atoms with E-state index in [9.17, 15) is 19.2 Å². The molecule has 2 aromatic carbocycles. The number of Topliss-reactive ketones (excluding diaryl/α,β-unsaturated/α-hetero) is 1. The van der Waals surface area contributed by atoms with Crippen molar-refractivity contribution >= 4 is 17.4 Å². The summed E-state index contributed by atoms with van der Waals surface area (Å²) in [6.07, 6.45) is 2.77. The molecule has 1 amide bonds. The molecule has 3 aromatic rings. The highest BCUT2D eigenvalue weighted by molar-refractivity contribution is 5.97. The van der Waals surface area contributed by atoms with Crippen LogP contribution in [0.25, 0.3) is 5.69 Å². The summed E-state index contributed by atoms with van der Waals surface area (Å²) >= 11 is 0. The molecule has 148 valence electrons. The second kappa shape index (κ2) is 8.39. The third-order valence-corrected chi connectivity index (χ3v) is 4.27. The van der Waals surface area contributed by atoms with Crippen LogP contribution >= 0.6 is 0 Å². The van der Waals surface area contributed by atoms with Gasteiger partial charge in [0.2, 0.25) is 5.91 Å². The minimum atomic E-state index is -0.842. The number of benzene rings is 2. The van der Waals surface area contributed by atoms with Gasteiger partial charge in [-0.1, -0.05) is 24.3 Å². The van der Waals surface area contributed by atoms with Crippen LogP contribution < -0.4 is 21.2 Å². The Labute approximate surface area is 166 Å². The number of amides is 1. The minimum absolute atomic E-state index is 0.128. The lowest BCUT2D eigenvalue weighted by Crippen LogP contribution is -2.41. The highest BCUT2D eigenvalue weighted by atomic mass is 16.5. The number of carbonyl (C=O) groups excluding carboxylic acids is 2. The molecule has 0 atom stereocenters. The van der Waals surface area contributed by atoms with Gasteiger partial charge in [0.15, 0.2) is 5.78 Å². The zero-order chi connectivity index (χ0) is 21.0.